The third kappa shape index (κ3) is 6.05. The smallest absolute Gasteiger partial charge is 0.195 e. The standard InChI is InChI=1S/C36H67IO2Si2/c1-13-14-25-41(12,33(5,6)7)38-27-17-21-35(9)30-19-20-34(8)29(28(30)18-22-36(35,26-27)23-24-37)15-16-31(34)39-40(10,11)32(2,3)4/h19,27-29,31H,13-18,20-26H2,1-12H3. The summed E-state index contributed by atoms with van der Waals surface area (Å²) in [6.45, 7) is 29.7. The van der Waals surface area contributed by atoms with Crippen LogP contribution in [0.3, 0.4) is 0 Å². The fourth-order valence-corrected chi connectivity index (χ4v) is 15.3. The summed E-state index contributed by atoms with van der Waals surface area (Å²) in [7, 11) is -3.61. The lowest BCUT2D eigenvalue weighted by atomic mass is 9.43. The van der Waals surface area contributed by atoms with Crippen LogP contribution >= 0.6 is 22.6 Å². The molecular formula is C36H67IO2Si2. The average molecular weight is 715 g/mol. The van der Waals surface area contributed by atoms with Crippen molar-refractivity contribution in [2.75, 3.05) is 4.43 Å². The molecule has 2 nitrogen and oxygen atoms in total. The van der Waals surface area contributed by atoms with Crippen LogP contribution in [0.15, 0.2) is 11.6 Å². The lowest BCUT2D eigenvalue weighted by Crippen LogP contribution is -2.57. The Morgan fingerprint density at radius 1 is 0.927 bits per heavy atom. The fourth-order valence-electron chi connectivity index (χ4n) is 9.60. The van der Waals surface area contributed by atoms with Gasteiger partial charge in [-0.1, -0.05) is 109 Å². The van der Waals surface area contributed by atoms with Crippen LogP contribution in [0.1, 0.15) is 133 Å². The molecule has 8 unspecified atom stereocenters. The van der Waals surface area contributed by atoms with E-state index in [1.807, 2.05) is 5.57 Å². The van der Waals surface area contributed by atoms with Crippen molar-refractivity contribution in [1.29, 1.82) is 0 Å². The van der Waals surface area contributed by atoms with Gasteiger partial charge in [0.05, 0.1) is 6.10 Å². The minimum atomic E-state index is -1.83. The topological polar surface area (TPSA) is 18.5 Å². The van der Waals surface area contributed by atoms with Crippen molar-refractivity contribution < 1.29 is 8.85 Å². The molecule has 0 aliphatic heterocycles. The van der Waals surface area contributed by atoms with Crippen LogP contribution in [0.4, 0.5) is 0 Å². The highest BCUT2D eigenvalue weighted by atomic mass is 127. The Kier molecular flexibility index (Phi) is 10.1. The van der Waals surface area contributed by atoms with Gasteiger partial charge in [0, 0.05) is 10.5 Å². The van der Waals surface area contributed by atoms with Crippen molar-refractivity contribution in [1.82, 2.24) is 0 Å². The zero-order chi connectivity index (χ0) is 30.7. The van der Waals surface area contributed by atoms with Gasteiger partial charge in [-0.3, -0.25) is 0 Å². The molecule has 5 heteroatoms. The molecule has 4 rings (SSSR count). The molecule has 0 saturated heterocycles. The minimum Gasteiger partial charge on any atom is -0.414 e. The molecule has 0 N–H and O–H groups in total. The van der Waals surface area contributed by atoms with Crippen molar-refractivity contribution >= 4 is 39.2 Å². The van der Waals surface area contributed by atoms with Crippen LogP contribution in [0.25, 0.3) is 0 Å². The van der Waals surface area contributed by atoms with Crippen LogP contribution in [0.5, 0.6) is 0 Å². The molecule has 0 bridgehead atoms. The van der Waals surface area contributed by atoms with Crippen LogP contribution in [-0.4, -0.2) is 33.3 Å². The fraction of sp³-hybridized carbons (Fsp3) is 0.944. The normalized spacial score (nSPS) is 39.4. The lowest BCUT2D eigenvalue weighted by Gasteiger charge is -2.63. The molecule has 4 aliphatic rings. The molecule has 4 aliphatic carbocycles. The summed E-state index contributed by atoms with van der Waals surface area (Å²) in [6.07, 6.45) is 18.2. The zero-order valence-corrected chi connectivity index (χ0v) is 33.4. The van der Waals surface area contributed by atoms with Crippen LogP contribution in [0.2, 0.25) is 35.8 Å². The summed E-state index contributed by atoms with van der Waals surface area (Å²) < 4.78 is 15.9. The number of rotatable bonds is 9. The SMILES string of the molecule is CCCC[Si](C)(OC1CCC2(C)C3=CCC4(C)C(O[Si](C)(C)C(C)(C)C)CCC4C3CCC2(CCI)C1)C(C)(C)C. The Balaban J connectivity index is 1.60. The summed E-state index contributed by atoms with van der Waals surface area (Å²) >= 11 is 2.68. The Hall–Kier alpha value is 0.824. The van der Waals surface area contributed by atoms with Crippen LogP contribution < -0.4 is 0 Å². The van der Waals surface area contributed by atoms with E-state index < -0.39 is 16.6 Å². The first kappa shape index (κ1) is 34.7. The zero-order valence-electron chi connectivity index (χ0n) is 29.3. The van der Waals surface area contributed by atoms with Gasteiger partial charge in [-0.25, -0.2) is 0 Å². The first-order valence-corrected chi connectivity index (χ1v) is 24.5. The van der Waals surface area contributed by atoms with E-state index in [9.17, 15) is 0 Å². The van der Waals surface area contributed by atoms with Gasteiger partial charge in [0.1, 0.15) is 0 Å². The Morgan fingerprint density at radius 2 is 1.61 bits per heavy atom. The van der Waals surface area contributed by atoms with Crippen molar-refractivity contribution in [2.24, 2.45) is 28.1 Å². The van der Waals surface area contributed by atoms with Gasteiger partial charge in [-0.05, 0) is 122 Å². The van der Waals surface area contributed by atoms with Crippen LogP contribution in [0, 0.1) is 28.1 Å². The van der Waals surface area contributed by atoms with E-state index in [0.717, 1.165) is 11.8 Å². The molecule has 0 heterocycles. The summed E-state index contributed by atoms with van der Waals surface area (Å²) in [5, 5.41) is 0.566. The predicted molar refractivity (Wildman–Crippen MR) is 192 cm³/mol. The highest BCUT2D eigenvalue weighted by Crippen LogP contribution is 2.70. The maximum Gasteiger partial charge on any atom is 0.195 e. The second kappa shape index (κ2) is 11.9. The van der Waals surface area contributed by atoms with Gasteiger partial charge in [-0.2, -0.15) is 0 Å². The summed E-state index contributed by atoms with van der Waals surface area (Å²) in [4.78, 5) is 0. The summed E-state index contributed by atoms with van der Waals surface area (Å²) in [5.74, 6) is 1.57. The first-order chi connectivity index (χ1) is 18.8. The van der Waals surface area contributed by atoms with E-state index in [1.165, 1.54) is 81.1 Å². The molecule has 0 aromatic carbocycles. The summed E-state index contributed by atoms with van der Waals surface area (Å²) in [6, 6.07) is 1.31. The molecule has 3 fully saturated rings. The molecule has 0 spiro atoms. The number of hydrogen-bond donors (Lipinski definition) is 0. The number of halogens is 1. The van der Waals surface area contributed by atoms with E-state index in [4.69, 9.17) is 8.85 Å². The van der Waals surface area contributed by atoms with Gasteiger partial charge in [-0.15, -0.1) is 0 Å². The first-order valence-electron chi connectivity index (χ1n) is 17.4. The third-order valence-corrected chi connectivity index (χ3v) is 24.5. The largest absolute Gasteiger partial charge is 0.414 e. The minimum absolute atomic E-state index is 0.275. The van der Waals surface area contributed by atoms with Crippen molar-refractivity contribution in [3.05, 3.63) is 11.6 Å². The van der Waals surface area contributed by atoms with E-state index >= 15 is 0 Å². The van der Waals surface area contributed by atoms with Gasteiger partial charge >= 0.3 is 0 Å². The predicted octanol–water partition coefficient (Wildman–Crippen LogP) is 12.1. The highest BCUT2D eigenvalue weighted by molar-refractivity contribution is 14.1. The maximum atomic E-state index is 7.42. The molecule has 0 aromatic rings. The van der Waals surface area contributed by atoms with Crippen molar-refractivity contribution in [2.45, 2.75) is 181 Å². The number of fused-ring (bicyclic) bond motifs is 5. The molecule has 3 saturated carbocycles. The average Bonchev–Trinajstić information content (AvgIpc) is 3.17. The quantitative estimate of drug-likeness (QED) is 0.102. The van der Waals surface area contributed by atoms with E-state index in [-0.39, 0.29) is 5.04 Å². The molecular weight excluding hydrogens is 647 g/mol. The molecule has 8 atom stereocenters. The van der Waals surface area contributed by atoms with Gasteiger partial charge in [0.15, 0.2) is 16.6 Å². The number of hydrogen-bond acceptors (Lipinski definition) is 2. The molecule has 0 amide bonds. The Bertz CT molecular complexity index is 966. The molecule has 0 radical (unpaired) electrons. The Morgan fingerprint density at radius 3 is 2.20 bits per heavy atom. The maximum absolute atomic E-state index is 7.42. The number of alkyl halides is 1. The van der Waals surface area contributed by atoms with Gasteiger partial charge in [0.2, 0.25) is 0 Å². The monoisotopic (exact) mass is 714 g/mol. The van der Waals surface area contributed by atoms with E-state index in [1.54, 1.807) is 0 Å². The molecule has 0 aromatic heterocycles. The van der Waals surface area contributed by atoms with Crippen LogP contribution in [-0.2, 0) is 8.85 Å². The second-order valence-corrected chi connectivity index (χ2v) is 28.7. The molecule has 238 valence electrons. The van der Waals surface area contributed by atoms with E-state index in [2.05, 4.69) is 111 Å². The van der Waals surface area contributed by atoms with E-state index in [0.29, 0.717) is 33.5 Å². The summed E-state index contributed by atoms with van der Waals surface area (Å²) in [5.41, 5.74) is 2.93. The number of allylic oxidation sites excluding steroid dienone is 2. The lowest BCUT2D eigenvalue weighted by molar-refractivity contribution is -0.0827. The van der Waals surface area contributed by atoms with Crippen molar-refractivity contribution in [3.63, 3.8) is 0 Å². The number of unbranched alkanes of at least 4 members (excludes halogenated alkanes) is 1. The second-order valence-electron chi connectivity index (χ2n) is 18.2. The van der Waals surface area contributed by atoms with Gasteiger partial charge < -0.3 is 8.85 Å². The van der Waals surface area contributed by atoms with Gasteiger partial charge in [0.25, 0.3) is 0 Å². The highest BCUT2D eigenvalue weighted by Gasteiger charge is 2.63. The Labute approximate surface area is 271 Å². The van der Waals surface area contributed by atoms with Crippen molar-refractivity contribution in [3.8, 4) is 0 Å². The third-order valence-electron chi connectivity index (χ3n) is 14.1. The molecule has 41 heavy (non-hydrogen) atoms.